The summed E-state index contributed by atoms with van der Waals surface area (Å²) in [5.74, 6) is 1.72. The maximum absolute atomic E-state index is 5.41. The molecule has 0 amide bonds. The van der Waals surface area contributed by atoms with Crippen molar-refractivity contribution >= 4 is 16.7 Å². The Morgan fingerprint density at radius 2 is 2.25 bits per heavy atom. The number of imidazole rings is 1. The molecule has 0 spiro atoms. The fourth-order valence-corrected chi connectivity index (χ4v) is 2.50. The van der Waals surface area contributed by atoms with Crippen LogP contribution in [0.2, 0.25) is 0 Å². The molecule has 2 aromatic heterocycles. The standard InChI is InChI=1S/C15H14N4O/c1-9-4-5-10-11(7-9)17-15(16-10)13-8-12(18-19-13)14-3-2-6-20-14/h2-7,12,18H,8H2,1H3,(H,16,17). The molecule has 100 valence electrons. The number of aryl methyl sites for hydroxylation is 1. The third-order valence-electron chi connectivity index (χ3n) is 3.55. The Balaban J connectivity index is 1.64. The molecule has 0 saturated heterocycles. The van der Waals surface area contributed by atoms with Gasteiger partial charge in [-0.2, -0.15) is 5.10 Å². The quantitative estimate of drug-likeness (QED) is 0.749. The van der Waals surface area contributed by atoms with Gasteiger partial charge in [0.15, 0.2) is 5.82 Å². The number of aromatic amines is 1. The fraction of sp³-hybridized carbons (Fsp3) is 0.200. The average molecular weight is 266 g/mol. The highest BCUT2D eigenvalue weighted by atomic mass is 16.3. The molecule has 1 aliphatic rings. The zero-order valence-corrected chi connectivity index (χ0v) is 11.1. The van der Waals surface area contributed by atoms with E-state index < -0.39 is 0 Å². The molecule has 5 heteroatoms. The summed E-state index contributed by atoms with van der Waals surface area (Å²) in [6.45, 7) is 2.07. The lowest BCUT2D eigenvalue weighted by Crippen LogP contribution is -2.08. The number of furan rings is 1. The van der Waals surface area contributed by atoms with Gasteiger partial charge in [-0.25, -0.2) is 4.98 Å². The molecular weight excluding hydrogens is 252 g/mol. The minimum absolute atomic E-state index is 0.0925. The highest BCUT2D eigenvalue weighted by molar-refractivity contribution is 6.01. The number of fused-ring (bicyclic) bond motifs is 1. The van der Waals surface area contributed by atoms with Crippen molar-refractivity contribution in [3.63, 3.8) is 0 Å². The lowest BCUT2D eigenvalue weighted by Gasteiger charge is -2.04. The maximum Gasteiger partial charge on any atom is 0.154 e. The van der Waals surface area contributed by atoms with E-state index in [0.717, 1.165) is 34.8 Å². The van der Waals surface area contributed by atoms with E-state index in [0.29, 0.717) is 0 Å². The number of rotatable bonds is 2. The van der Waals surface area contributed by atoms with Crippen molar-refractivity contribution in [1.29, 1.82) is 0 Å². The average Bonchev–Trinajstić information content (AvgIpc) is 3.17. The number of H-pyrrole nitrogens is 1. The van der Waals surface area contributed by atoms with Crippen LogP contribution in [-0.2, 0) is 0 Å². The topological polar surface area (TPSA) is 66.2 Å². The van der Waals surface area contributed by atoms with E-state index in [9.17, 15) is 0 Å². The third-order valence-corrected chi connectivity index (χ3v) is 3.55. The summed E-state index contributed by atoms with van der Waals surface area (Å²) in [5.41, 5.74) is 7.26. The van der Waals surface area contributed by atoms with Gasteiger partial charge in [0.1, 0.15) is 17.5 Å². The van der Waals surface area contributed by atoms with Gasteiger partial charge < -0.3 is 9.40 Å². The first-order valence-corrected chi connectivity index (χ1v) is 6.62. The zero-order chi connectivity index (χ0) is 13.5. The third kappa shape index (κ3) is 1.79. The Hall–Kier alpha value is -2.56. The number of hydrogen-bond donors (Lipinski definition) is 2. The van der Waals surface area contributed by atoms with Crippen LogP contribution in [0.1, 0.15) is 29.6 Å². The second-order valence-electron chi connectivity index (χ2n) is 5.07. The Morgan fingerprint density at radius 3 is 3.10 bits per heavy atom. The second-order valence-corrected chi connectivity index (χ2v) is 5.07. The number of nitrogens with one attached hydrogen (secondary N) is 2. The molecule has 1 aliphatic heterocycles. The zero-order valence-electron chi connectivity index (χ0n) is 11.1. The molecule has 1 unspecified atom stereocenters. The molecular formula is C15H14N4O. The predicted octanol–water partition coefficient (Wildman–Crippen LogP) is 2.90. The van der Waals surface area contributed by atoms with Crippen molar-refractivity contribution in [3.05, 3.63) is 53.7 Å². The molecule has 5 nitrogen and oxygen atoms in total. The van der Waals surface area contributed by atoms with Crippen molar-refractivity contribution < 1.29 is 4.42 Å². The Kier molecular flexibility index (Phi) is 2.39. The molecule has 1 atom stereocenters. The summed E-state index contributed by atoms with van der Waals surface area (Å²) in [5, 5.41) is 4.37. The maximum atomic E-state index is 5.41. The first-order valence-electron chi connectivity index (χ1n) is 6.62. The molecule has 0 aliphatic carbocycles. The fourth-order valence-electron chi connectivity index (χ4n) is 2.50. The Bertz CT molecular complexity index is 785. The highest BCUT2D eigenvalue weighted by Gasteiger charge is 2.24. The lowest BCUT2D eigenvalue weighted by molar-refractivity contribution is 0.440. The Morgan fingerprint density at radius 1 is 1.30 bits per heavy atom. The normalized spacial score (nSPS) is 18.2. The number of hydrazone groups is 1. The number of hydrogen-bond acceptors (Lipinski definition) is 4. The summed E-state index contributed by atoms with van der Waals surface area (Å²) in [4.78, 5) is 7.93. The molecule has 1 aromatic carbocycles. The van der Waals surface area contributed by atoms with Crippen molar-refractivity contribution in [1.82, 2.24) is 15.4 Å². The van der Waals surface area contributed by atoms with Crippen LogP contribution in [0, 0.1) is 6.92 Å². The molecule has 4 rings (SSSR count). The van der Waals surface area contributed by atoms with Gasteiger partial charge in [0, 0.05) is 6.42 Å². The van der Waals surface area contributed by atoms with Crippen molar-refractivity contribution in [3.8, 4) is 0 Å². The van der Waals surface area contributed by atoms with Gasteiger partial charge in [-0.05, 0) is 36.8 Å². The lowest BCUT2D eigenvalue weighted by atomic mass is 10.1. The van der Waals surface area contributed by atoms with Crippen LogP contribution >= 0.6 is 0 Å². The van der Waals surface area contributed by atoms with E-state index >= 15 is 0 Å². The van der Waals surface area contributed by atoms with Crippen LogP contribution in [0.5, 0.6) is 0 Å². The molecule has 0 saturated carbocycles. The van der Waals surface area contributed by atoms with Gasteiger partial charge in [-0.3, -0.25) is 5.43 Å². The van der Waals surface area contributed by atoms with Gasteiger partial charge in [0.2, 0.25) is 0 Å². The van der Waals surface area contributed by atoms with E-state index in [1.54, 1.807) is 6.26 Å². The van der Waals surface area contributed by atoms with Gasteiger partial charge in [-0.15, -0.1) is 0 Å². The van der Waals surface area contributed by atoms with E-state index in [1.165, 1.54) is 5.56 Å². The molecule has 2 N–H and O–H groups in total. The van der Waals surface area contributed by atoms with Crippen LogP contribution in [0.3, 0.4) is 0 Å². The van der Waals surface area contributed by atoms with Gasteiger partial charge >= 0.3 is 0 Å². The van der Waals surface area contributed by atoms with Gasteiger partial charge in [0.05, 0.1) is 17.3 Å². The van der Waals surface area contributed by atoms with Crippen molar-refractivity contribution in [2.45, 2.75) is 19.4 Å². The molecule has 0 bridgehead atoms. The predicted molar refractivity (Wildman–Crippen MR) is 76.6 cm³/mol. The van der Waals surface area contributed by atoms with Crippen molar-refractivity contribution in [2.24, 2.45) is 5.10 Å². The van der Waals surface area contributed by atoms with Crippen LogP contribution in [-0.4, -0.2) is 15.7 Å². The van der Waals surface area contributed by atoms with E-state index in [4.69, 9.17) is 4.42 Å². The highest BCUT2D eigenvalue weighted by Crippen LogP contribution is 2.24. The molecule has 0 fully saturated rings. The van der Waals surface area contributed by atoms with E-state index in [2.05, 4.69) is 39.6 Å². The minimum atomic E-state index is 0.0925. The Labute approximate surface area is 115 Å². The summed E-state index contributed by atoms with van der Waals surface area (Å²) < 4.78 is 5.41. The van der Waals surface area contributed by atoms with E-state index in [-0.39, 0.29) is 6.04 Å². The summed E-state index contributed by atoms with van der Waals surface area (Å²) in [7, 11) is 0. The molecule has 3 heterocycles. The van der Waals surface area contributed by atoms with Crippen molar-refractivity contribution in [2.75, 3.05) is 0 Å². The largest absolute Gasteiger partial charge is 0.467 e. The van der Waals surface area contributed by atoms with Gasteiger partial charge in [0.25, 0.3) is 0 Å². The first-order chi connectivity index (χ1) is 9.79. The monoisotopic (exact) mass is 266 g/mol. The summed E-state index contributed by atoms with van der Waals surface area (Å²) in [6.07, 6.45) is 2.45. The van der Waals surface area contributed by atoms with Crippen LogP contribution in [0.4, 0.5) is 0 Å². The number of nitrogens with zero attached hydrogens (tertiary/aromatic N) is 2. The van der Waals surface area contributed by atoms with Gasteiger partial charge in [-0.1, -0.05) is 6.07 Å². The smallest absolute Gasteiger partial charge is 0.154 e. The second kappa shape index (κ2) is 4.23. The first kappa shape index (κ1) is 11.3. The summed E-state index contributed by atoms with van der Waals surface area (Å²) >= 11 is 0. The van der Waals surface area contributed by atoms with Crippen LogP contribution in [0.15, 0.2) is 46.1 Å². The summed E-state index contributed by atoms with van der Waals surface area (Å²) in [6, 6.07) is 10.1. The molecule has 3 aromatic rings. The van der Waals surface area contributed by atoms with Crippen LogP contribution < -0.4 is 5.43 Å². The number of aromatic nitrogens is 2. The SMILES string of the molecule is Cc1ccc2nc(C3=NNC(c4ccco4)C3)[nH]c2c1. The minimum Gasteiger partial charge on any atom is -0.467 e. The van der Waals surface area contributed by atoms with Crippen LogP contribution in [0.25, 0.3) is 11.0 Å². The molecule has 0 radical (unpaired) electrons. The molecule has 20 heavy (non-hydrogen) atoms. The number of benzene rings is 1. The van der Waals surface area contributed by atoms with E-state index in [1.807, 2.05) is 18.2 Å².